The van der Waals surface area contributed by atoms with Gasteiger partial charge in [0.25, 0.3) is 11.5 Å². The second kappa shape index (κ2) is 6.97. The smallest absolute Gasteiger partial charge is 0.501 e. The minimum absolute atomic E-state index is 1.12. The summed E-state index contributed by atoms with van der Waals surface area (Å²) in [5, 5.41) is 28.8. The Kier molecular flexibility index (Phi) is 5.82. The van der Waals surface area contributed by atoms with Gasteiger partial charge in [-0.2, -0.15) is 0 Å². The van der Waals surface area contributed by atoms with Crippen molar-refractivity contribution in [1.82, 2.24) is 0 Å². The van der Waals surface area contributed by atoms with Gasteiger partial charge in [0.15, 0.2) is 0 Å². The molecule has 7 N–H and O–H groups in total. The van der Waals surface area contributed by atoms with Crippen LogP contribution < -0.4 is 13.6 Å². The average molecular weight is 364 g/mol. The van der Waals surface area contributed by atoms with E-state index < -0.39 is 59.6 Å². The molecule has 0 aromatic heterocycles. The van der Waals surface area contributed by atoms with E-state index >= 15 is 0 Å². The zero-order valence-electron chi connectivity index (χ0n) is 9.51. The molecule has 15 heteroatoms. The van der Waals surface area contributed by atoms with E-state index in [0.717, 1.165) is 0 Å². The number of hydrogen-bond acceptors (Lipinski definition) is 10. The number of rotatable bonds is 6. The van der Waals surface area contributed by atoms with Crippen LogP contribution in [0.25, 0.3) is 0 Å². The molecule has 0 bridgehead atoms. The molecular formula is C6H7O12P3+2. The van der Waals surface area contributed by atoms with E-state index in [4.69, 9.17) is 19.6 Å². The first-order valence-electron chi connectivity index (χ1n) is 4.50. The number of aromatic hydroxyl groups is 3. The lowest BCUT2D eigenvalue weighted by Crippen LogP contribution is -1.93. The third-order valence-corrected chi connectivity index (χ3v) is 2.83. The zero-order chi connectivity index (χ0) is 16.3. The van der Waals surface area contributed by atoms with Crippen LogP contribution in [-0.2, 0) is 9.13 Å². The fraction of sp³-hybridized carbons (Fsp3) is 0. The summed E-state index contributed by atoms with van der Waals surface area (Å²) in [7, 11) is -9.97. The van der Waals surface area contributed by atoms with Crippen LogP contribution in [0, 0.1) is 0 Å². The second-order valence-corrected chi connectivity index (χ2v) is 5.04. The van der Waals surface area contributed by atoms with E-state index in [0.29, 0.717) is 0 Å². The normalized spacial score (nSPS) is 12.0. The van der Waals surface area contributed by atoms with Crippen molar-refractivity contribution in [1.29, 1.82) is 0 Å². The minimum Gasteiger partial charge on any atom is -0.501 e. The lowest BCUT2D eigenvalue weighted by molar-refractivity contribution is 0.314. The lowest BCUT2D eigenvalue weighted by Gasteiger charge is -2.12. The fourth-order valence-electron chi connectivity index (χ4n) is 1.14. The number of hydrogen-bond donors (Lipinski definition) is 7. The summed E-state index contributed by atoms with van der Waals surface area (Å²) in [5.74, 6) is -7.29. The van der Waals surface area contributed by atoms with Gasteiger partial charge in [0, 0.05) is 9.13 Å². The molecule has 0 aliphatic rings. The summed E-state index contributed by atoms with van der Waals surface area (Å²) < 4.78 is 33.7. The summed E-state index contributed by atoms with van der Waals surface area (Å²) in [6.45, 7) is 0. The van der Waals surface area contributed by atoms with Gasteiger partial charge in [0.2, 0.25) is 23.0 Å². The maximum atomic E-state index is 10.6. The Hall–Kier alpha value is -1.51. The maximum absolute atomic E-state index is 10.6. The van der Waals surface area contributed by atoms with E-state index in [1.54, 1.807) is 0 Å². The van der Waals surface area contributed by atoms with Crippen molar-refractivity contribution in [2.45, 2.75) is 0 Å². The van der Waals surface area contributed by atoms with Crippen molar-refractivity contribution < 1.29 is 57.6 Å². The van der Waals surface area contributed by atoms with Crippen molar-refractivity contribution in [2.75, 3.05) is 0 Å². The van der Waals surface area contributed by atoms with Gasteiger partial charge in [-0.15, -0.1) is 9.79 Å². The molecule has 1 aromatic carbocycles. The predicted octanol–water partition coefficient (Wildman–Crippen LogP) is 0.451. The molecule has 12 nitrogen and oxygen atoms in total. The molecule has 0 aliphatic carbocycles. The molecule has 0 spiro atoms. The Morgan fingerprint density at radius 2 is 1.10 bits per heavy atom. The Balaban J connectivity index is 3.56. The van der Waals surface area contributed by atoms with E-state index in [2.05, 4.69) is 13.6 Å². The van der Waals surface area contributed by atoms with Crippen molar-refractivity contribution >= 4 is 25.1 Å². The first-order chi connectivity index (χ1) is 9.65. The van der Waals surface area contributed by atoms with Crippen molar-refractivity contribution in [3.8, 4) is 34.5 Å². The van der Waals surface area contributed by atoms with Gasteiger partial charge >= 0.3 is 25.1 Å². The molecule has 1 rings (SSSR count). The third kappa shape index (κ3) is 4.23. The summed E-state index contributed by atoms with van der Waals surface area (Å²) in [6.07, 6.45) is 0. The van der Waals surface area contributed by atoms with Crippen LogP contribution in [0.2, 0.25) is 0 Å². The van der Waals surface area contributed by atoms with Gasteiger partial charge in [-0.25, -0.2) is 9.05 Å². The molecule has 0 fully saturated rings. The quantitative estimate of drug-likeness (QED) is 0.344. The van der Waals surface area contributed by atoms with Crippen LogP contribution in [0.1, 0.15) is 0 Å². The van der Waals surface area contributed by atoms with Gasteiger partial charge in [0.05, 0.1) is 0 Å². The largest absolute Gasteiger partial charge is 0.747 e. The van der Waals surface area contributed by atoms with Crippen LogP contribution in [-0.4, -0.2) is 34.9 Å². The summed E-state index contributed by atoms with van der Waals surface area (Å²) in [5.41, 5.74) is 0. The Morgan fingerprint density at radius 3 is 1.38 bits per heavy atom. The SMILES string of the molecule is O=[P+](O)Oc1c(O)c(OP(O)O)c(O)c(O[P+](=O)O)c1O. The van der Waals surface area contributed by atoms with Crippen molar-refractivity contribution in [3.63, 3.8) is 0 Å². The molecule has 0 saturated heterocycles. The van der Waals surface area contributed by atoms with E-state index in [1.165, 1.54) is 0 Å². The highest BCUT2D eigenvalue weighted by atomic mass is 31.2. The summed E-state index contributed by atoms with van der Waals surface area (Å²) >= 11 is 0. The highest BCUT2D eigenvalue weighted by molar-refractivity contribution is 7.39. The first-order valence-corrected chi connectivity index (χ1v) is 7.92. The molecule has 0 saturated carbocycles. The molecule has 0 aliphatic heterocycles. The Morgan fingerprint density at radius 1 is 0.762 bits per heavy atom. The maximum Gasteiger partial charge on any atom is 0.747 e. The molecule has 2 atom stereocenters. The molecule has 21 heavy (non-hydrogen) atoms. The highest BCUT2D eigenvalue weighted by Gasteiger charge is 2.37. The summed E-state index contributed by atoms with van der Waals surface area (Å²) in [4.78, 5) is 34.6. The zero-order valence-corrected chi connectivity index (χ0v) is 12.2. The molecule has 116 valence electrons. The number of benzene rings is 1. The van der Waals surface area contributed by atoms with Gasteiger partial charge in [0.1, 0.15) is 0 Å². The van der Waals surface area contributed by atoms with Crippen LogP contribution in [0.4, 0.5) is 0 Å². The van der Waals surface area contributed by atoms with E-state index in [1.807, 2.05) is 0 Å². The van der Waals surface area contributed by atoms with Crippen LogP contribution in [0.3, 0.4) is 0 Å². The predicted molar refractivity (Wildman–Crippen MR) is 64.3 cm³/mol. The number of phenolic OH excluding ortho intramolecular Hbond substituents is 3. The van der Waals surface area contributed by atoms with Crippen LogP contribution in [0.5, 0.6) is 34.5 Å². The van der Waals surface area contributed by atoms with Gasteiger partial charge in [-0.1, -0.05) is 0 Å². The molecule has 2 unspecified atom stereocenters. The Bertz CT molecular complexity index is 542. The summed E-state index contributed by atoms with van der Waals surface area (Å²) in [6, 6.07) is 0. The minimum atomic E-state index is -3.40. The monoisotopic (exact) mass is 364 g/mol. The van der Waals surface area contributed by atoms with Crippen molar-refractivity contribution in [2.24, 2.45) is 0 Å². The average Bonchev–Trinajstić information content (AvgIpc) is 2.35. The molecular weight excluding hydrogens is 357 g/mol. The molecule has 0 amide bonds. The standard InChI is InChI=1S/C6H5O12P3/c7-1-4(16-19(10)11)2(8)6(18-21(14)15)3(9)5(1)17-20(12)13/h10-11H,(H3-2,7,8,9,12,13,14,15)/p+2. The molecule has 0 radical (unpaired) electrons. The van der Waals surface area contributed by atoms with Gasteiger partial charge in [-0.05, 0) is 0 Å². The third-order valence-electron chi connectivity index (χ3n) is 1.80. The second-order valence-electron chi connectivity index (χ2n) is 3.04. The van der Waals surface area contributed by atoms with Gasteiger partial charge < -0.3 is 29.6 Å². The lowest BCUT2D eigenvalue weighted by atomic mass is 10.2. The van der Waals surface area contributed by atoms with Gasteiger partial charge in [-0.3, -0.25) is 0 Å². The van der Waals surface area contributed by atoms with Crippen molar-refractivity contribution in [3.05, 3.63) is 0 Å². The van der Waals surface area contributed by atoms with E-state index in [9.17, 15) is 24.4 Å². The molecule has 0 heterocycles. The highest BCUT2D eigenvalue weighted by Crippen LogP contribution is 2.60. The molecule has 1 aromatic rings. The fourth-order valence-corrected chi connectivity index (χ4v) is 2.14. The first kappa shape index (κ1) is 17.5. The number of phenols is 3. The topological polar surface area (TPSA) is 203 Å². The Labute approximate surface area is 118 Å². The van der Waals surface area contributed by atoms with Crippen LogP contribution in [0.15, 0.2) is 0 Å². The van der Waals surface area contributed by atoms with Crippen LogP contribution >= 0.6 is 25.1 Å². The van der Waals surface area contributed by atoms with E-state index in [-0.39, 0.29) is 0 Å².